The van der Waals surface area contributed by atoms with Gasteiger partial charge in [0.2, 0.25) is 5.91 Å². The molecule has 0 aliphatic carbocycles. The van der Waals surface area contributed by atoms with E-state index in [4.69, 9.17) is 18.0 Å². The van der Waals surface area contributed by atoms with Gasteiger partial charge in [0.05, 0.1) is 10.4 Å². The van der Waals surface area contributed by atoms with Crippen molar-refractivity contribution in [3.05, 3.63) is 0 Å². The molecule has 0 aromatic heterocycles. The van der Waals surface area contributed by atoms with Gasteiger partial charge in [-0.3, -0.25) is 4.79 Å². The van der Waals surface area contributed by atoms with Crippen LogP contribution in [0.15, 0.2) is 0 Å². The van der Waals surface area contributed by atoms with E-state index in [0.717, 1.165) is 13.0 Å². The average molecular weight is 242 g/mol. The maximum Gasteiger partial charge on any atom is 0.235 e. The summed E-state index contributed by atoms with van der Waals surface area (Å²) >= 11 is 4.98. The molecule has 2 N–H and O–H groups in total. The van der Waals surface area contributed by atoms with Gasteiger partial charge in [0.25, 0.3) is 0 Å². The summed E-state index contributed by atoms with van der Waals surface area (Å²) in [4.78, 5) is 14.6. The monoisotopic (exact) mass is 242 g/mol. The topological polar surface area (TPSA) is 46.3 Å². The molecule has 0 aromatic carbocycles. The van der Waals surface area contributed by atoms with Gasteiger partial charge in [-0.05, 0) is 39.5 Å². The summed E-state index contributed by atoms with van der Waals surface area (Å²) in [7, 11) is 0. The maximum atomic E-state index is 12.4. The van der Waals surface area contributed by atoms with Crippen LogP contribution in [0.2, 0.25) is 0 Å². The zero-order valence-electron chi connectivity index (χ0n) is 10.6. The Morgan fingerprint density at radius 3 is 2.50 bits per heavy atom. The van der Waals surface area contributed by atoms with Crippen LogP contribution >= 0.6 is 12.2 Å². The van der Waals surface area contributed by atoms with Crippen molar-refractivity contribution in [3.63, 3.8) is 0 Å². The fraction of sp³-hybridized carbons (Fsp3) is 0.833. The van der Waals surface area contributed by atoms with Crippen molar-refractivity contribution < 1.29 is 4.79 Å². The first kappa shape index (κ1) is 13.4. The second kappa shape index (κ2) is 4.70. The van der Waals surface area contributed by atoms with Crippen LogP contribution in [0.25, 0.3) is 0 Å². The van der Waals surface area contributed by atoms with Crippen molar-refractivity contribution in [2.75, 3.05) is 6.54 Å². The molecule has 16 heavy (non-hydrogen) atoms. The number of hydrogen-bond donors (Lipinski definition) is 1. The highest BCUT2D eigenvalue weighted by molar-refractivity contribution is 7.80. The molecule has 0 aromatic rings. The molecule has 0 spiro atoms. The van der Waals surface area contributed by atoms with Crippen molar-refractivity contribution in [1.82, 2.24) is 4.90 Å². The fourth-order valence-electron chi connectivity index (χ4n) is 2.09. The lowest BCUT2D eigenvalue weighted by molar-refractivity contribution is -0.141. The normalized spacial score (nSPS) is 26.6. The smallest absolute Gasteiger partial charge is 0.235 e. The van der Waals surface area contributed by atoms with Crippen LogP contribution in [-0.2, 0) is 4.79 Å². The molecule has 0 radical (unpaired) electrons. The summed E-state index contributed by atoms with van der Waals surface area (Å²) < 4.78 is 0. The van der Waals surface area contributed by atoms with Crippen LogP contribution < -0.4 is 5.73 Å². The van der Waals surface area contributed by atoms with Gasteiger partial charge >= 0.3 is 0 Å². The van der Waals surface area contributed by atoms with Gasteiger partial charge in [-0.25, -0.2) is 0 Å². The largest absolute Gasteiger partial charge is 0.392 e. The predicted octanol–water partition coefficient (Wildman–Crippen LogP) is 1.95. The summed E-state index contributed by atoms with van der Waals surface area (Å²) in [6.45, 7) is 8.75. The van der Waals surface area contributed by atoms with E-state index in [9.17, 15) is 4.79 Å². The first-order valence-corrected chi connectivity index (χ1v) is 6.30. The fourth-order valence-corrected chi connectivity index (χ4v) is 2.17. The van der Waals surface area contributed by atoms with Gasteiger partial charge in [-0.1, -0.05) is 19.1 Å². The van der Waals surface area contributed by atoms with Crippen LogP contribution in [0, 0.1) is 11.3 Å². The molecule has 4 heteroatoms. The molecule has 2 atom stereocenters. The third-order valence-electron chi connectivity index (χ3n) is 3.79. The van der Waals surface area contributed by atoms with Crippen LogP contribution in [0.1, 0.15) is 40.5 Å². The second-order valence-corrected chi connectivity index (χ2v) is 5.79. The van der Waals surface area contributed by atoms with E-state index in [1.807, 2.05) is 18.7 Å². The number of carbonyl (C=O) groups excluding carboxylic acids is 1. The van der Waals surface area contributed by atoms with Crippen LogP contribution in [0.5, 0.6) is 0 Å². The maximum absolute atomic E-state index is 12.4. The van der Waals surface area contributed by atoms with Crippen molar-refractivity contribution in [1.29, 1.82) is 0 Å². The Morgan fingerprint density at radius 1 is 1.44 bits per heavy atom. The zero-order chi connectivity index (χ0) is 12.5. The molecule has 1 heterocycles. The number of nitrogens with zero attached hydrogens (tertiary/aromatic N) is 1. The standard InChI is InChI=1S/C12H22N2OS/c1-8-6-5-7-14(9(8)2)11(15)12(3,4)10(13)16/h8-9H,5-7H2,1-4H3,(H2,13,16). The minimum absolute atomic E-state index is 0.0686. The number of likely N-dealkylation sites (tertiary alicyclic amines) is 1. The highest BCUT2D eigenvalue weighted by atomic mass is 32.1. The average Bonchev–Trinajstić information content (AvgIpc) is 2.21. The van der Waals surface area contributed by atoms with Gasteiger partial charge in [-0.2, -0.15) is 0 Å². The van der Waals surface area contributed by atoms with E-state index < -0.39 is 5.41 Å². The molecule has 2 unspecified atom stereocenters. The summed E-state index contributed by atoms with van der Waals surface area (Å²) in [5.41, 5.74) is 4.92. The minimum atomic E-state index is -0.722. The van der Waals surface area contributed by atoms with Crippen LogP contribution in [0.3, 0.4) is 0 Å². The SMILES string of the molecule is CC1CCCN(C(=O)C(C)(C)C(N)=S)C1C. The highest BCUT2D eigenvalue weighted by Gasteiger charge is 2.38. The Morgan fingerprint density at radius 2 is 2.00 bits per heavy atom. The molecule has 0 saturated carbocycles. The summed E-state index contributed by atoms with van der Waals surface area (Å²) in [5, 5.41) is 0. The number of thiocarbonyl (C=S) groups is 1. The van der Waals surface area contributed by atoms with Gasteiger partial charge in [0.15, 0.2) is 0 Å². The van der Waals surface area contributed by atoms with Gasteiger partial charge in [0.1, 0.15) is 0 Å². The molecular weight excluding hydrogens is 220 g/mol. The van der Waals surface area contributed by atoms with Crippen LogP contribution in [0.4, 0.5) is 0 Å². The molecule has 1 fully saturated rings. The van der Waals surface area contributed by atoms with E-state index in [0.29, 0.717) is 5.92 Å². The summed E-state index contributed by atoms with van der Waals surface area (Å²) in [6.07, 6.45) is 2.27. The number of carbonyl (C=O) groups is 1. The van der Waals surface area contributed by atoms with Crippen molar-refractivity contribution >= 4 is 23.1 Å². The highest BCUT2D eigenvalue weighted by Crippen LogP contribution is 2.28. The van der Waals surface area contributed by atoms with Gasteiger partial charge in [0, 0.05) is 12.6 Å². The lowest BCUT2D eigenvalue weighted by atomic mass is 9.86. The quantitative estimate of drug-likeness (QED) is 0.753. The first-order valence-electron chi connectivity index (χ1n) is 5.89. The number of hydrogen-bond acceptors (Lipinski definition) is 2. The first-order chi connectivity index (χ1) is 7.28. The van der Waals surface area contributed by atoms with Crippen molar-refractivity contribution in [2.45, 2.75) is 46.6 Å². The Bertz CT molecular complexity index is 301. The van der Waals surface area contributed by atoms with E-state index in [2.05, 4.69) is 13.8 Å². The van der Waals surface area contributed by atoms with Crippen molar-refractivity contribution in [3.8, 4) is 0 Å². The number of piperidine rings is 1. The molecular formula is C12H22N2OS. The van der Waals surface area contributed by atoms with E-state index in [1.165, 1.54) is 6.42 Å². The number of amides is 1. The number of rotatable bonds is 2. The predicted molar refractivity (Wildman–Crippen MR) is 70.1 cm³/mol. The zero-order valence-corrected chi connectivity index (χ0v) is 11.4. The second-order valence-electron chi connectivity index (χ2n) is 5.35. The molecule has 1 aliphatic rings. The van der Waals surface area contributed by atoms with Gasteiger partial charge in [-0.15, -0.1) is 0 Å². The third-order valence-corrected chi connectivity index (χ3v) is 4.30. The molecule has 3 nitrogen and oxygen atoms in total. The summed E-state index contributed by atoms with van der Waals surface area (Å²) in [6, 6.07) is 0.287. The van der Waals surface area contributed by atoms with E-state index in [1.54, 1.807) is 0 Å². The van der Waals surface area contributed by atoms with Crippen molar-refractivity contribution in [2.24, 2.45) is 17.1 Å². The van der Waals surface area contributed by atoms with Gasteiger partial charge < -0.3 is 10.6 Å². The molecule has 1 saturated heterocycles. The Balaban J connectivity index is 2.84. The molecule has 92 valence electrons. The molecule has 1 rings (SSSR count). The third kappa shape index (κ3) is 2.37. The van der Waals surface area contributed by atoms with E-state index >= 15 is 0 Å². The molecule has 1 aliphatic heterocycles. The Labute approximate surface area is 103 Å². The van der Waals surface area contributed by atoms with E-state index in [-0.39, 0.29) is 16.9 Å². The Hall–Kier alpha value is -0.640. The number of nitrogens with two attached hydrogens (primary N) is 1. The minimum Gasteiger partial charge on any atom is -0.392 e. The summed E-state index contributed by atoms with van der Waals surface area (Å²) in [5.74, 6) is 0.624. The molecule has 0 bridgehead atoms. The Kier molecular flexibility index (Phi) is 3.94. The lowest BCUT2D eigenvalue weighted by Crippen LogP contribution is -2.53. The van der Waals surface area contributed by atoms with Crippen LogP contribution in [-0.4, -0.2) is 28.4 Å². The lowest BCUT2D eigenvalue weighted by Gasteiger charge is -2.41. The molecule has 1 amide bonds.